The van der Waals surface area contributed by atoms with Crippen molar-refractivity contribution in [1.29, 1.82) is 0 Å². The van der Waals surface area contributed by atoms with E-state index in [-0.39, 0.29) is 12.0 Å². The molecule has 0 amide bonds. The van der Waals surface area contributed by atoms with Crippen LogP contribution in [0.3, 0.4) is 0 Å². The molecule has 3 aromatic rings. The number of aromatic nitrogens is 1. The summed E-state index contributed by atoms with van der Waals surface area (Å²) in [5.41, 5.74) is 4.09. The van der Waals surface area contributed by atoms with Crippen LogP contribution in [0.25, 0.3) is 5.57 Å². The van der Waals surface area contributed by atoms with E-state index in [0.29, 0.717) is 17.7 Å². The van der Waals surface area contributed by atoms with E-state index in [1.165, 1.54) is 17.7 Å². The number of halogens is 3. The molecule has 0 bridgehead atoms. The Morgan fingerprint density at radius 2 is 1.77 bits per heavy atom. The molecule has 1 fully saturated rings. The summed E-state index contributed by atoms with van der Waals surface area (Å²) < 4.78 is 47.6. The lowest BCUT2D eigenvalue weighted by molar-refractivity contribution is -0.137. The minimum absolute atomic E-state index is 0.126. The number of nitrogens with one attached hydrogen (secondary N) is 1. The molecule has 2 heterocycles. The quantitative estimate of drug-likeness (QED) is 0.450. The highest BCUT2D eigenvalue weighted by molar-refractivity contribution is 5.81. The number of hydrogen-bond acceptors (Lipinski definition) is 3. The maximum absolute atomic E-state index is 13.8. The maximum Gasteiger partial charge on any atom is 0.416 e. The standard InChI is InChI=1S/C29H29F3N2O/c30-29(31,32)25-17-21(16-23(18-25)26-10-4-6-22-7-5-13-34-27(22)26)19-35-20-28(11-14-33-15-12-28)24-8-2-1-3-9-24/h1-3,5,7-10,13,16-18,33H,4,6,11-12,14-15,19-20H2. The van der Waals surface area contributed by atoms with Crippen LogP contribution < -0.4 is 5.32 Å². The second-order valence-corrected chi connectivity index (χ2v) is 9.47. The number of alkyl halides is 3. The lowest BCUT2D eigenvalue weighted by Crippen LogP contribution is -2.43. The van der Waals surface area contributed by atoms with E-state index in [9.17, 15) is 13.2 Å². The van der Waals surface area contributed by atoms with E-state index < -0.39 is 11.7 Å². The molecule has 0 spiro atoms. The molecule has 6 heteroatoms. The van der Waals surface area contributed by atoms with Crippen molar-refractivity contribution in [3.05, 3.63) is 106 Å². The number of ether oxygens (including phenoxy) is 1. The molecule has 0 radical (unpaired) electrons. The maximum atomic E-state index is 13.8. The van der Waals surface area contributed by atoms with E-state index in [2.05, 4.69) is 22.4 Å². The van der Waals surface area contributed by atoms with Crippen LogP contribution in [0.15, 0.2) is 72.9 Å². The van der Waals surface area contributed by atoms with Crippen molar-refractivity contribution >= 4 is 5.57 Å². The Morgan fingerprint density at radius 3 is 2.54 bits per heavy atom. The Morgan fingerprint density at radius 1 is 0.971 bits per heavy atom. The Labute approximate surface area is 204 Å². The van der Waals surface area contributed by atoms with E-state index in [1.54, 1.807) is 6.20 Å². The van der Waals surface area contributed by atoms with Crippen LogP contribution in [0.1, 0.15) is 52.8 Å². The highest BCUT2D eigenvalue weighted by Gasteiger charge is 2.35. The molecule has 0 unspecified atom stereocenters. The molecule has 3 nitrogen and oxygen atoms in total. The van der Waals surface area contributed by atoms with Gasteiger partial charge in [0.05, 0.1) is 24.5 Å². The SMILES string of the molecule is FC(F)(F)c1cc(COCC2(c3ccccc3)CCNCC2)cc(C2=CCCc3cccnc32)c1. The highest BCUT2D eigenvalue weighted by Crippen LogP contribution is 2.37. The molecule has 1 aromatic heterocycles. The number of hydrogen-bond donors (Lipinski definition) is 1. The van der Waals surface area contributed by atoms with Gasteiger partial charge in [-0.1, -0.05) is 42.5 Å². The number of allylic oxidation sites excluding steroid dienone is 1. The van der Waals surface area contributed by atoms with Crippen LogP contribution in [0.2, 0.25) is 0 Å². The number of nitrogens with zero attached hydrogens (tertiary/aromatic N) is 1. The first-order valence-electron chi connectivity index (χ1n) is 12.1. The zero-order valence-corrected chi connectivity index (χ0v) is 19.6. The summed E-state index contributed by atoms with van der Waals surface area (Å²) in [6.07, 6.45) is 2.74. The van der Waals surface area contributed by atoms with Crippen LogP contribution in [0, 0.1) is 0 Å². The van der Waals surface area contributed by atoms with Crippen LogP contribution in [0.5, 0.6) is 0 Å². The lowest BCUT2D eigenvalue weighted by Gasteiger charge is -2.38. The summed E-state index contributed by atoms with van der Waals surface area (Å²) in [7, 11) is 0. The van der Waals surface area contributed by atoms with Gasteiger partial charge in [-0.3, -0.25) is 4.98 Å². The monoisotopic (exact) mass is 478 g/mol. The van der Waals surface area contributed by atoms with Crippen molar-refractivity contribution in [1.82, 2.24) is 10.3 Å². The largest absolute Gasteiger partial charge is 0.416 e. The number of pyridine rings is 1. The van der Waals surface area contributed by atoms with Gasteiger partial charge in [0.25, 0.3) is 0 Å². The summed E-state index contributed by atoms with van der Waals surface area (Å²) in [5, 5.41) is 3.40. The lowest BCUT2D eigenvalue weighted by atomic mass is 9.74. The summed E-state index contributed by atoms with van der Waals surface area (Å²) in [4.78, 5) is 4.48. The molecule has 1 aliphatic heterocycles. The molecule has 2 aliphatic rings. The van der Waals surface area contributed by atoms with Gasteiger partial charge in [0.15, 0.2) is 0 Å². The van der Waals surface area contributed by atoms with Crippen molar-refractivity contribution in [2.24, 2.45) is 0 Å². The summed E-state index contributed by atoms with van der Waals surface area (Å²) in [6, 6.07) is 18.4. The summed E-state index contributed by atoms with van der Waals surface area (Å²) in [6.45, 7) is 2.39. The number of aryl methyl sites for hydroxylation is 1. The van der Waals surface area contributed by atoms with Crippen LogP contribution in [-0.4, -0.2) is 24.7 Å². The van der Waals surface area contributed by atoms with Gasteiger partial charge in [-0.2, -0.15) is 13.2 Å². The van der Waals surface area contributed by atoms with Gasteiger partial charge in [0, 0.05) is 17.2 Å². The smallest absolute Gasteiger partial charge is 0.376 e. The Bertz CT molecular complexity index is 1200. The Balaban J connectivity index is 1.42. The fourth-order valence-electron chi connectivity index (χ4n) is 5.28. The number of piperidine rings is 1. The third kappa shape index (κ3) is 5.19. The first-order chi connectivity index (χ1) is 16.9. The van der Waals surface area contributed by atoms with E-state index in [4.69, 9.17) is 4.74 Å². The van der Waals surface area contributed by atoms with E-state index >= 15 is 0 Å². The van der Waals surface area contributed by atoms with Gasteiger partial charge in [-0.05, 0) is 85.3 Å². The zero-order valence-electron chi connectivity index (χ0n) is 19.6. The molecule has 182 valence electrons. The molecular formula is C29H29F3N2O. The highest BCUT2D eigenvalue weighted by atomic mass is 19.4. The molecule has 0 saturated carbocycles. The normalized spacial score (nSPS) is 17.5. The predicted molar refractivity (Wildman–Crippen MR) is 131 cm³/mol. The third-order valence-corrected chi connectivity index (χ3v) is 7.13. The average molecular weight is 479 g/mol. The van der Waals surface area contributed by atoms with Crippen molar-refractivity contribution in [2.45, 2.75) is 43.9 Å². The summed E-state index contributed by atoms with van der Waals surface area (Å²) in [5.74, 6) is 0. The van der Waals surface area contributed by atoms with Gasteiger partial charge in [0.1, 0.15) is 0 Å². The van der Waals surface area contributed by atoms with Gasteiger partial charge < -0.3 is 10.1 Å². The Hall–Kier alpha value is -2.96. The number of fused-ring (bicyclic) bond motifs is 1. The molecule has 5 rings (SSSR count). The minimum Gasteiger partial charge on any atom is -0.376 e. The minimum atomic E-state index is -4.44. The van der Waals surface area contributed by atoms with Crippen LogP contribution in [0.4, 0.5) is 13.2 Å². The molecule has 35 heavy (non-hydrogen) atoms. The van der Waals surface area contributed by atoms with Gasteiger partial charge in [-0.25, -0.2) is 0 Å². The van der Waals surface area contributed by atoms with Crippen molar-refractivity contribution < 1.29 is 17.9 Å². The van der Waals surface area contributed by atoms with Gasteiger partial charge >= 0.3 is 6.18 Å². The predicted octanol–water partition coefficient (Wildman–Crippen LogP) is 6.32. The molecule has 1 N–H and O–H groups in total. The van der Waals surface area contributed by atoms with Gasteiger partial charge in [0.2, 0.25) is 0 Å². The van der Waals surface area contributed by atoms with Crippen LogP contribution >= 0.6 is 0 Å². The topological polar surface area (TPSA) is 34.1 Å². The molecule has 2 aromatic carbocycles. The first kappa shape index (κ1) is 23.8. The van der Waals surface area contributed by atoms with Crippen molar-refractivity contribution in [2.75, 3.05) is 19.7 Å². The molecule has 0 atom stereocenters. The third-order valence-electron chi connectivity index (χ3n) is 7.13. The fraction of sp³-hybridized carbons (Fsp3) is 0.345. The van der Waals surface area contributed by atoms with Crippen LogP contribution in [-0.2, 0) is 29.4 Å². The van der Waals surface area contributed by atoms with Gasteiger partial charge in [-0.15, -0.1) is 0 Å². The van der Waals surface area contributed by atoms with E-state index in [0.717, 1.165) is 55.6 Å². The second kappa shape index (κ2) is 9.96. The number of benzene rings is 2. The molecule has 1 saturated heterocycles. The van der Waals surface area contributed by atoms with E-state index in [1.807, 2.05) is 42.5 Å². The zero-order chi connectivity index (χ0) is 24.3. The van der Waals surface area contributed by atoms with Crippen molar-refractivity contribution in [3.63, 3.8) is 0 Å². The fourth-order valence-corrected chi connectivity index (χ4v) is 5.28. The second-order valence-electron chi connectivity index (χ2n) is 9.47. The number of rotatable bonds is 6. The molecular weight excluding hydrogens is 449 g/mol. The molecule has 1 aliphatic carbocycles. The summed E-state index contributed by atoms with van der Waals surface area (Å²) >= 11 is 0. The first-order valence-corrected chi connectivity index (χ1v) is 12.1. The Kier molecular flexibility index (Phi) is 6.76. The van der Waals surface area contributed by atoms with Crippen molar-refractivity contribution in [3.8, 4) is 0 Å². The average Bonchev–Trinajstić information content (AvgIpc) is 2.89.